The van der Waals surface area contributed by atoms with Crippen molar-refractivity contribution < 1.29 is 4.74 Å². The molecular weight excluding hydrogens is 429 g/mol. The normalized spacial score (nSPS) is 17.6. The summed E-state index contributed by atoms with van der Waals surface area (Å²) in [6.45, 7) is 4.43. The van der Waals surface area contributed by atoms with Crippen molar-refractivity contribution in [2.45, 2.75) is 31.7 Å². The number of benzene rings is 1. The third-order valence-corrected chi connectivity index (χ3v) is 6.34. The van der Waals surface area contributed by atoms with Crippen LogP contribution in [-0.4, -0.2) is 29.0 Å². The number of hydrogen-bond donors (Lipinski definition) is 1. The second kappa shape index (κ2) is 7.97. The monoisotopic (exact) mass is 447 g/mol. The number of hydrazone groups is 1. The number of rotatable bonds is 4. The molecule has 9 heteroatoms. The van der Waals surface area contributed by atoms with Crippen molar-refractivity contribution in [3.63, 3.8) is 0 Å². The maximum Gasteiger partial charge on any atom is 0.244 e. The van der Waals surface area contributed by atoms with Crippen LogP contribution in [0.4, 0.5) is 5.69 Å². The van der Waals surface area contributed by atoms with Gasteiger partial charge in [-0.25, -0.2) is 9.98 Å². The Morgan fingerprint density at radius 3 is 2.83 bits per heavy atom. The van der Waals surface area contributed by atoms with Gasteiger partial charge in [-0.05, 0) is 30.4 Å². The van der Waals surface area contributed by atoms with E-state index in [1.807, 2.05) is 6.07 Å². The lowest BCUT2D eigenvalue weighted by molar-refractivity contribution is 0.362. The Hall–Kier alpha value is -2.09. The lowest BCUT2D eigenvalue weighted by atomic mass is 9.78. The maximum absolute atomic E-state index is 6.23. The number of hydrogen-bond acceptors (Lipinski definition) is 7. The summed E-state index contributed by atoms with van der Waals surface area (Å²) in [7, 11) is 1.59. The largest absolute Gasteiger partial charge is 0.479 e. The van der Waals surface area contributed by atoms with Gasteiger partial charge in [0.1, 0.15) is 11.4 Å². The predicted molar refractivity (Wildman–Crippen MR) is 119 cm³/mol. The van der Waals surface area contributed by atoms with Crippen LogP contribution in [-0.2, 0) is 0 Å². The van der Waals surface area contributed by atoms with Crippen LogP contribution in [0.25, 0.3) is 0 Å². The molecule has 0 fully saturated rings. The van der Waals surface area contributed by atoms with Gasteiger partial charge >= 0.3 is 0 Å². The quantitative estimate of drug-likeness (QED) is 0.373. The first-order chi connectivity index (χ1) is 13.9. The Bertz CT molecular complexity index is 1060. The molecule has 0 spiro atoms. The molecule has 0 saturated carbocycles. The second-order valence-electron chi connectivity index (χ2n) is 7.56. The van der Waals surface area contributed by atoms with Crippen molar-refractivity contribution in [1.29, 1.82) is 0 Å². The number of allylic oxidation sites excluding steroid dienone is 2. The summed E-state index contributed by atoms with van der Waals surface area (Å²) in [5.74, 6) is 0.488. The van der Waals surface area contributed by atoms with Crippen LogP contribution >= 0.6 is 35.0 Å². The average Bonchev–Trinajstić information content (AvgIpc) is 2.67. The zero-order valence-corrected chi connectivity index (χ0v) is 18.5. The van der Waals surface area contributed by atoms with Crippen molar-refractivity contribution in [3.05, 3.63) is 50.7 Å². The van der Waals surface area contributed by atoms with Crippen molar-refractivity contribution in [3.8, 4) is 5.88 Å². The molecule has 0 amide bonds. The molecule has 1 aromatic heterocycles. The van der Waals surface area contributed by atoms with Gasteiger partial charge in [0.25, 0.3) is 0 Å². The molecule has 150 valence electrons. The molecular formula is C20H19Cl2N5OS. The first-order valence-electron chi connectivity index (χ1n) is 8.98. The zero-order valence-electron chi connectivity index (χ0n) is 16.2. The molecule has 0 atom stereocenters. The van der Waals surface area contributed by atoms with E-state index in [2.05, 4.69) is 34.3 Å². The van der Waals surface area contributed by atoms with Crippen LogP contribution < -0.4 is 10.2 Å². The van der Waals surface area contributed by atoms with Gasteiger partial charge < -0.3 is 4.74 Å². The molecule has 1 aromatic carbocycles. The number of halogens is 2. The van der Waals surface area contributed by atoms with Crippen LogP contribution in [0.3, 0.4) is 0 Å². The van der Waals surface area contributed by atoms with Crippen molar-refractivity contribution in [2.75, 3.05) is 7.11 Å². The van der Waals surface area contributed by atoms with E-state index in [1.54, 1.807) is 37.2 Å². The minimum atomic E-state index is 0.0407. The fourth-order valence-electron chi connectivity index (χ4n) is 3.31. The van der Waals surface area contributed by atoms with Gasteiger partial charge in [0.15, 0.2) is 5.69 Å². The highest BCUT2D eigenvalue weighted by atomic mass is 35.5. The molecule has 0 saturated heterocycles. The van der Waals surface area contributed by atoms with Crippen LogP contribution in [0, 0.1) is 5.41 Å². The third-order valence-electron chi connectivity index (χ3n) is 4.60. The summed E-state index contributed by atoms with van der Waals surface area (Å²) in [5, 5.41) is 6.34. The van der Waals surface area contributed by atoms with E-state index in [9.17, 15) is 0 Å². The smallest absolute Gasteiger partial charge is 0.244 e. The van der Waals surface area contributed by atoms with E-state index in [-0.39, 0.29) is 5.41 Å². The summed E-state index contributed by atoms with van der Waals surface area (Å²) in [6.07, 6.45) is 4.88. The highest BCUT2D eigenvalue weighted by Crippen LogP contribution is 2.49. The Morgan fingerprint density at radius 1 is 1.24 bits per heavy atom. The molecule has 0 radical (unpaired) electrons. The van der Waals surface area contributed by atoms with Gasteiger partial charge in [-0.15, -0.1) is 0 Å². The number of aromatic nitrogens is 2. The van der Waals surface area contributed by atoms with Crippen LogP contribution in [0.2, 0.25) is 10.0 Å². The second-order valence-corrected chi connectivity index (χ2v) is 9.40. The van der Waals surface area contributed by atoms with Gasteiger partial charge in [-0.1, -0.05) is 54.9 Å². The average molecular weight is 448 g/mol. The van der Waals surface area contributed by atoms with E-state index in [4.69, 9.17) is 32.9 Å². The number of aliphatic imine (C=N–C) groups is 1. The van der Waals surface area contributed by atoms with E-state index in [1.165, 1.54) is 6.33 Å². The number of nitrogens with zero attached hydrogens (tertiary/aromatic N) is 4. The van der Waals surface area contributed by atoms with Gasteiger partial charge in [-0.3, -0.25) is 5.43 Å². The topological polar surface area (TPSA) is 71.8 Å². The molecule has 2 heterocycles. The molecule has 29 heavy (non-hydrogen) atoms. The number of ether oxygens (including phenoxy) is 1. The maximum atomic E-state index is 6.23. The van der Waals surface area contributed by atoms with Crippen LogP contribution in [0.1, 0.15) is 32.3 Å². The van der Waals surface area contributed by atoms with Crippen LogP contribution in [0.15, 0.2) is 50.2 Å². The van der Waals surface area contributed by atoms with Gasteiger partial charge in [0.05, 0.1) is 29.0 Å². The molecule has 1 aliphatic carbocycles. The van der Waals surface area contributed by atoms with E-state index in [0.29, 0.717) is 21.6 Å². The molecule has 1 N–H and O–H groups in total. The van der Waals surface area contributed by atoms with Gasteiger partial charge in [0.2, 0.25) is 5.88 Å². The predicted octanol–water partition coefficient (Wildman–Crippen LogP) is 5.63. The van der Waals surface area contributed by atoms with Crippen molar-refractivity contribution in [2.24, 2.45) is 15.5 Å². The fraction of sp³-hybridized carbons (Fsp3) is 0.300. The first-order valence-corrected chi connectivity index (χ1v) is 10.6. The molecule has 2 aromatic rings. The lowest BCUT2D eigenvalue weighted by Crippen LogP contribution is -2.30. The van der Waals surface area contributed by atoms with Gasteiger partial charge in [-0.2, -0.15) is 10.1 Å². The highest BCUT2D eigenvalue weighted by Gasteiger charge is 2.35. The van der Waals surface area contributed by atoms with E-state index in [0.717, 1.165) is 39.7 Å². The summed E-state index contributed by atoms with van der Waals surface area (Å²) in [6, 6.07) is 5.31. The SMILES string of the molecule is COc1ncnc2c1N=C1CC(C)(C)CC(N/N=C/c3ccc(Cl)cc3Cl)=C1S2. The van der Waals surface area contributed by atoms with Crippen LogP contribution in [0.5, 0.6) is 5.88 Å². The Balaban J connectivity index is 1.67. The van der Waals surface area contributed by atoms with E-state index >= 15 is 0 Å². The van der Waals surface area contributed by atoms with E-state index < -0.39 is 0 Å². The standard InChI is InChI=1S/C20H19Cl2N5OS/c1-20(2)7-14-17(29-19-16(26-14)18(28-3)23-10-24-19)15(8-20)27-25-9-11-4-5-12(21)6-13(11)22/h4-6,9-10,27H,7-8H2,1-3H3/b25-9+. The Morgan fingerprint density at radius 2 is 2.07 bits per heavy atom. The summed E-state index contributed by atoms with van der Waals surface area (Å²) in [5.41, 5.74) is 6.73. The van der Waals surface area contributed by atoms with Crippen molar-refractivity contribution in [1.82, 2.24) is 15.4 Å². The minimum absolute atomic E-state index is 0.0407. The van der Waals surface area contributed by atoms with Gasteiger partial charge in [0, 0.05) is 16.3 Å². The molecule has 4 rings (SSSR count). The fourth-order valence-corrected chi connectivity index (χ4v) is 4.77. The summed E-state index contributed by atoms with van der Waals surface area (Å²) in [4.78, 5) is 14.4. The lowest BCUT2D eigenvalue weighted by Gasteiger charge is -2.35. The number of methoxy groups -OCH3 is 1. The minimum Gasteiger partial charge on any atom is -0.479 e. The number of thioether (sulfide) groups is 1. The Kier molecular flexibility index (Phi) is 5.55. The highest BCUT2D eigenvalue weighted by molar-refractivity contribution is 8.04. The molecule has 6 nitrogen and oxygen atoms in total. The van der Waals surface area contributed by atoms with Crippen molar-refractivity contribution >= 4 is 52.6 Å². The number of fused-ring (bicyclic) bond motifs is 2. The summed E-state index contributed by atoms with van der Waals surface area (Å²) < 4.78 is 5.36. The summed E-state index contributed by atoms with van der Waals surface area (Å²) >= 11 is 13.8. The molecule has 2 aliphatic rings. The zero-order chi connectivity index (χ0) is 20.6. The molecule has 1 aliphatic heterocycles. The molecule has 0 bridgehead atoms. The number of nitrogens with one attached hydrogen (secondary N) is 1. The molecule has 0 unspecified atom stereocenters. The first kappa shape index (κ1) is 20.2. The third kappa shape index (κ3) is 4.27. The Labute approximate surface area is 183 Å².